The summed E-state index contributed by atoms with van der Waals surface area (Å²) in [5.74, 6) is -0.0974. The summed E-state index contributed by atoms with van der Waals surface area (Å²) in [6.45, 7) is 6.48. The molecule has 1 atom stereocenters. The van der Waals surface area contributed by atoms with Gasteiger partial charge in [-0.25, -0.2) is 18.2 Å². The molecule has 1 fully saturated rings. The van der Waals surface area contributed by atoms with Gasteiger partial charge in [0.2, 0.25) is 14.2 Å². The Hall–Kier alpha value is -1.67. The third-order valence-corrected chi connectivity index (χ3v) is 7.54. The Kier molecular flexibility index (Phi) is 5.25. The molecular weight excluding hydrogens is 372 g/mol. The lowest BCUT2D eigenvalue weighted by molar-refractivity contribution is 0.0176. The molecular formula is C18H24N2O4S2. The Morgan fingerprint density at radius 2 is 2.08 bits per heavy atom. The molecule has 0 saturated carbocycles. The van der Waals surface area contributed by atoms with Gasteiger partial charge in [0.25, 0.3) is 0 Å². The number of fused-ring (bicyclic) bond motifs is 1. The van der Waals surface area contributed by atoms with Crippen molar-refractivity contribution in [3.63, 3.8) is 0 Å². The van der Waals surface area contributed by atoms with Crippen LogP contribution in [0.4, 0.5) is 4.79 Å². The SMILES string of the molecule is CC(C)(C)OC(=O)N1CCC[C@@H](CS(=O)(=O)c2nc3ccccc3s2)C1. The minimum absolute atomic E-state index is 0.00607. The third-order valence-electron chi connectivity index (χ3n) is 4.17. The molecule has 3 rings (SSSR count). The maximum atomic E-state index is 12.8. The summed E-state index contributed by atoms with van der Waals surface area (Å²) in [6, 6.07) is 7.40. The number of para-hydroxylation sites is 1. The number of piperidine rings is 1. The number of benzene rings is 1. The molecule has 6 nitrogen and oxygen atoms in total. The van der Waals surface area contributed by atoms with Gasteiger partial charge in [-0.15, -0.1) is 11.3 Å². The van der Waals surface area contributed by atoms with Gasteiger partial charge in [0.15, 0.2) is 0 Å². The number of likely N-dealkylation sites (tertiary alicyclic amines) is 1. The van der Waals surface area contributed by atoms with E-state index in [-0.39, 0.29) is 22.1 Å². The highest BCUT2D eigenvalue weighted by molar-refractivity contribution is 7.93. The minimum Gasteiger partial charge on any atom is -0.444 e. The summed E-state index contributed by atoms with van der Waals surface area (Å²) < 4.78 is 32.0. The lowest BCUT2D eigenvalue weighted by atomic mass is 10.0. The Morgan fingerprint density at radius 1 is 1.35 bits per heavy atom. The van der Waals surface area contributed by atoms with Crippen molar-refractivity contribution in [2.24, 2.45) is 5.92 Å². The van der Waals surface area contributed by atoms with Crippen LogP contribution in [0, 0.1) is 5.92 Å². The average molecular weight is 397 g/mol. The smallest absolute Gasteiger partial charge is 0.410 e. The summed E-state index contributed by atoms with van der Waals surface area (Å²) in [5, 5.41) is 0. The fourth-order valence-corrected chi connectivity index (χ4v) is 6.01. The lowest BCUT2D eigenvalue weighted by Gasteiger charge is -2.33. The number of sulfone groups is 1. The van der Waals surface area contributed by atoms with Crippen LogP contribution in [0.25, 0.3) is 10.2 Å². The van der Waals surface area contributed by atoms with Crippen LogP contribution in [0.3, 0.4) is 0 Å². The molecule has 1 aliphatic heterocycles. The van der Waals surface area contributed by atoms with E-state index in [1.54, 1.807) is 4.90 Å². The van der Waals surface area contributed by atoms with Crippen LogP contribution in [0.5, 0.6) is 0 Å². The van der Waals surface area contributed by atoms with Crippen molar-refractivity contribution in [3.05, 3.63) is 24.3 Å². The minimum atomic E-state index is -3.48. The highest BCUT2D eigenvalue weighted by atomic mass is 32.2. The zero-order valence-corrected chi connectivity index (χ0v) is 16.9. The normalized spacial score (nSPS) is 18.9. The van der Waals surface area contributed by atoms with Crippen molar-refractivity contribution in [2.45, 2.75) is 43.6 Å². The highest BCUT2D eigenvalue weighted by Crippen LogP contribution is 2.28. The second-order valence-corrected chi connectivity index (χ2v) is 10.9. The van der Waals surface area contributed by atoms with Gasteiger partial charge in [-0.05, 0) is 51.7 Å². The fraction of sp³-hybridized carbons (Fsp3) is 0.556. The van der Waals surface area contributed by atoms with E-state index in [9.17, 15) is 13.2 Å². The molecule has 1 saturated heterocycles. The molecule has 1 aromatic carbocycles. The first kappa shape index (κ1) is 19.1. The van der Waals surface area contributed by atoms with Gasteiger partial charge < -0.3 is 9.64 Å². The van der Waals surface area contributed by atoms with Crippen molar-refractivity contribution in [1.82, 2.24) is 9.88 Å². The number of hydrogen-bond donors (Lipinski definition) is 0. The van der Waals surface area contributed by atoms with Crippen LogP contribution in [-0.4, -0.2) is 48.8 Å². The molecule has 0 aliphatic carbocycles. The van der Waals surface area contributed by atoms with Crippen LogP contribution in [0.15, 0.2) is 28.6 Å². The molecule has 8 heteroatoms. The molecule has 1 amide bonds. The standard InChI is InChI=1S/C18H24N2O4S2/c1-18(2,3)24-17(21)20-10-6-7-13(11-20)12-26(22,23)16-19-14-8-4-5-9-15(14)25-16/h4-5,8-9,13H,6-7,10-12H2,1-3H3/t13-/m1/s1. The molecule has 0 spiro atoms. The second-order valence-electron chi connectivity index (χ2n) is 7.66. The number of nitrogens with zero attached hydrogens (tertiary/aromatic N) is 2. The molecule has 2 aromatic rings. The summed E-state index contributed by atoms with van der Waals surface area (Å²) >= 11 is 1.20. The van der Waals surface area contributed by atoms with Gasteiger partial charge in [0.05, 0.1) is 16.0 Å². The Labute approximate surface area is 158 Å². The van der Waals surface area contributed by atoms with Crippen LogP contribution >= 0.6 is 11.3 Å². The number of rotatable bonds is 3. The monoisotopic (exact) mass is 396 g/mol. The lowest BCUT2D eigenvalue weighted by Crippen LogP contribution is -2.44. The second kappa shape index (κ2) is 7.15. The van der Waals surface area contributed by atoms with E-state index in [1.165, 1.54) is 11.3 Å². The predicted molar refractivity (Wildman–Crippen MR) is 102 cm³/mol. The Morgan fingerprint density at radius 3 is 2.77 bits per heavy atom. The van der Waals surface area contributed by atoms with Gasteiger partial charge in [-0.1, -0.05) is 12.1 Å². The largest absolute Gasteiger partial charge is 0.444 e. The van der Waals surface area contributed by atoms with Gasteiger partial charge in [-0.3, -0.25) is 0 Å². The average Bonchev–Trinajstić information content (AvgIpc) is 2.98. The molecule has 2 heterocycles. The zero-order valence-electron chi connectivity index (χ0n) is 15.3. The molecule has 0 unspecified atom stereocenters. The van der Waals surface area contributed by atoms with Crippen molar-refractivity contribution >= 4 is 37.5 Å². The summed E-state index contributed by atoms with van der Waals surface area (Å²) in [6.07, 6.45) is 1.18. The first-order valence-electron chi connectivity index (χ1n) is 8.70. The van der Waals surface area contributed by atoms with E-state index in [4.69, 9.17) is 4.74 Å². The number of carbonyl (C=O) groups is 1. The van der Waals surface area contributed by atoms with E-state index in [0.717, 1.165) is 17.5 Å². The van der Waals surface area contributed by atoms with Gasteiger partial charge in [-0.2, -0.15) is 0 Å². The number of thiazole rings is 1. The molecule has 0 N–H and O–H groups in total. The third kappa shape index (κ3) is 4.54. The van der Waals surface area contributed by atoms with E-state index >= 15 is 0 Å². The summed E-state index contributed by atoms with van der Waals surface area (Å²) in [5.41, 5.74) is 0.145. The van der Waals surface area contributed by atoms with Crippen LogP contribution in [-0.2, 0) is 14.6 Å². The number of aromatic nitrogens is 1. The van der Waals surface area contributed by atoms with E-state index in [0.29, 0.717) is 18.6 Å². The quantitative estimate of drug-likeness (QED) is 0.790. The van der Waals surface area contributed by atoms with Gasteiger partial charge in [0, 0.05) is 13.1 Å². The van der Waals surface area contributed by atoms with Crippen LogP contribution < -0.4 is 0 Å². The number of carbonyl (C=O) groups excluding carboxylic acids is 1. The van der Waals surface area contributed by atoms with Gasteiger partial charge >= 0.3 is 6.09 Å². The first-order valence-corrected chi connectivity index (χ1v) is 11.2. The molecule has 1 aliphatic rings. The topological polar surface area (TPSA) is 76.6 Å². The Bertz CT molecular complexity index is 866. The molecule has 0 radical (unpaired) electrons. The predicted octanol–water partition coefficient (Wildman–Crippen LogP) is 3.72. The van der Waals surface area contributed by atoms with Crippen molar-refractivity contribution in [2.75, 3.05) is 18.8 Å². The molecule has 0 bridgehead atoms. The zero-order chi connectivity index (χ0) is 18.9. The maximum absolute atomic E-state index is 12.8. The van der Waals surface area contributed by atoms with Crippen LogP contribution in [0.1, 0.15) is 33.6 Å². The number of hydrogen-bond acceptors (Lipinski definition) is 6. The van der Waals surface area contributed by atoms with Crippen molar-refractivity contribution in [3.8, 4) is 0 Å². The van der Waals surface area contributed by atoms with Gasteiger partial charge in [0.1, 0.15) is 5.60 Å². The summed E-state index contributed by atoms with van der Waals surface area (Å²) in [7, 11) is -3.48. The van der Waals surface area contributed by atoms with E-state index < -0.39 is 15.4 Å². The summed E-state index contributed by atoms with van der Waals surface area (Å²) in [4.78, 5) is 18.2. The highest BCUT2D eigenvalue weighted by Gasteiger charge is 2.31. The van der Waals surface area contributed by atoms with Crippen molar-refractivity contribution in [1.29, 1.82) is 0 Å². The molecule has 142 valence electrons. The number of ether oxygens (including phenoxy) is 1. The van der Waals surface area contributed by atoms with E-state index in [2.05, 4.69) is 4.98 Å². The first-order chi connectivity index (χ1) is 12.1. The number of amides is 1. The van der Waals surface area contributed by atoms with Crippen molar-refractivity contribution < 1.29 is 17.9 Å². The maximum Gasteiger partial charge on any atom is 0.410 e. The molecule has 26 heavy (non-hydrogen) atoms. The van der Waals surface area contributed by atoms with E-state index in [1.807, 2.05) is 45.0 Å². The fourth-order valence-electron chi connectivity index (χ4n) is 3.06. The van der Waals surface area contributed by atoms with Crippen LogP contribution in [0.2, 0.25) is 0 Å². The Balaban J connectivity index is 1.70. The molecule has 1 aromatic heterocycles.